The monoisotopic (exact) mass is 459 g/mol. The predicted octanol–water partition coefficient (Wildman–Crippen LogP) is 3.51. The van der Waals surface area contributed by atoms with E-state index in [0.717, 1.165) is 37.1 Å². The summed E-state index contributed by atoms with van der Waals surface area (Å²) < 4.78 is 53.6. The molecule has 1 atom stereocenters. The number of unbranched alkanes of at least 4 members (excludes halogenated alkanes) is 1. The van der Waals surface area contributed by atoms with Crippen LogP contribution in [0, 0.1) is 5.92 Å². The van der Waals surface area contributed by atoms with E-state index in [1.54, 1.807) is 0 Å². The zero-order valence-corrected chi connectivity index (χ0v) is 18.3. The van der Waals surface area contributed by atoms with E-state index in [9.17, 15) is 27.6 Å². The number of esters is 1. The van der Waals surface area contributed by atoms with E-state index in [1.807, 2.05) is 0 Å². The number of carbonyl (C=O) groups excluding carboxylic acids is 3. The number of hydrogen-bond acceptors (Lipinski definition) is 6. The van der Waals surface area contributed by atoms with Crippen LogP contribution < -0.4 is 5.32 Å². The van der Waals surface area contributed by atoms with Gasteiger partial charge in [-0.25, -0.2) is 4.79 Å². The van der Waals surface area contributed by atoms with Crippen LogP contribution in [0.5, 0.6) is 0 Å². The van der Waals surface area contributed by atoms with Gasteiger partial charge in [-0.05, 0) is 44.0 Å². The van der Waals surface area contributed by atoms with E-state index in [2.05, 4.69) is 10.1 Å². The van der Waals surface area contributed by atoms with Crippen molar-refractivity contribution in [2.45, 2.75) is 57.5 Å². The fraction of sp³-hybridized carbons (Fsp3) is 0.591. The van der Waals surface area contributed by atoms with Crippen molar-refractivity contribution >= 4 is 17.7 Å². The average Bonchev–Trinajstić information content (AvgIpc) is 2.75. The summed E-state index contributed by atoms with van der Waals surface area (Å²) in [5, 5.41) is 2.59. The van der Waals surface area contributed by atoms with E-state index < -0.39 is 35.4 Å². The molecule has 0 radical (unpaired) electrons. The second-order valence-electron chi connectivity index (χ2n) is 7.92. The molecule has 1 heterocycles. The summed E-state index contributed by atoms with van der Waals surface area (Å²) in [5.41, 5.74) is -0.797. The number of hydrogen-bond donors (Lipinski definition) is 1. The molecule has 1 aliphatic heterocycles. The van der Waals surface area contributed by atoms with Gasteiger partial charge < -0.3 is 19.5 Å². The van der Waals surface area contributed by atoms with Gasteiger partial charge in [-0.3, -0.25) is 9.59 Å². The first-order valence-electron chi connectivity index (χ1n) is 10.3. The lowest BCUT2D eigenvalue weighted by molar-refractivity contribution is -0.272. The number of methoxy groups -OCH3 is 1. The lowest BCUT2D eigenvalue weighted by Gasteiger charge is -2.35. The normalized spacial score (nSPS) is 22.1. The highest BCUT2D eigenvalue weighted by Gasteiger charge is 2.41. The number of Topliss-reactive ketones (excluding diaryl/α,β-unsaturated/α-hetero) is 1. The van der Waals surface area contributed by atoms with Crippen LogP contribution in [-0.4, -0.2) is 49.8 Å². The molecule has 178 valence electrons. The highest BCUT2D eigenvalue weighted by Crippen LogP contribution is 2.29. The fourth-order valence-corrected chi connectivity index (χ4v) is 3.32. The van der Waals surface area contributed by atoms with Gasteiger partial charge in [0.25, 0.3) is 11.7 Å². The van der Waals surface area contributed by atoms with Crippen molar-refractivity contribution in [3.8, 4) is 0 Å². The molecule has 2 rings (SSSR count). The summed E-state index contributed by atoms with van der Waals surface area (Å²) in [5.74, 6) is -2.74. The number of benzene rings is 1. The Morgan fingerprint density at radius 1 is 1.16 bits per heavy atom. The molecule has 1 amide bonds. The van der Waals surface area contributed by atoms with Crippen molar-refractivity contribution in [2.24, 2.45) is 5.92 Å². The number of ketones is 1. The van der Waals surface area contributed by atoms with Crippen molar-refractivity contribution < 1.29 is 41.8 Å². The Morgan fingerprint density at radius 3 is 2.25 bits per heavy atom. The lowest BCUT2D eigenvalue weighted by atomic mass is 9.98. The summed E-state index contributed by atoms with van der Waals surface area (Å²) in [6, 6.07) is 3.10. The lowest BCUT2D eigenvalue weighted by Crippen LogP contribution is -2.48. The summed E-state index contributed by atoms with van der Waals surface area (Å²) in [6.07, 6.45) is -1.96. The Bertz CT molecular complexity index is 801. The molecule has 1 fully saturated rings. The molecule has 1 aromatic carbocycles. The van der Waals surface area contributed by atoms with Crippen LogP contribution in [0.25, 0.3) is 0 Å². The number of ether oxygens (including phenoxy) is 3. The third kappa shape index (κ3) is 7.03. The smallest absolute Gasteiger partial charge is 0.416 e. The van der Waals surface area contributed by atoms with Gasteiger partial charge in [0.05, 0.1) is 31.9 Å². The quantitative estimate of drug-likeness (QED) is 0.449. The minimum Gasteiger partial charge on any atom is -0.465 e. The Kier molecular flexibility index (Phi) is 8.80. The van der Waals surface area contributed by atoms with Gasteiger partial charge in [-0.2, -0.15) is 13.2 Å². The topological polar surface area (TPSA) is 90.9 Å². The summed E-state index contributed by atoms with van der Waals surface area (Å²) in [6.45, 7) is 3.54. The summed E-state index contributed by atoms with van der Waals surface area (Å²) in [4.78, 5) is 35.9. The molecular formula is C22H28F3NO6. The molecular weight excluding hydrogens is 431 g/mol. The predicted molar refractivity (Wildman–Crippen MR) is 108 cm³/mol. The third-order valence-electron chi connectivity index (χ3n) is 5.37. The molecule has 1 aromatic rings. The van der Waals surface area contributed by atoms with Crippen molar-refractivity contribution in [2.75, 3.05) is 20.3 Å². The highest BCUT2D eigenvalue weighted by molar-refractivity contribution is 5.97. The van der Waals surface area contributed by atoms with E-state index in [0.29, 0.717) is 26.1 Å². The molecule has 0 saturated carbocycles. The third-order valence-corrected chi connectivity index (χ3v) is 5.37. The number of rotatable bonds is 9. The van der Waals surface area contributed by atoms with Gasteiger partial charge in [0.2, 0.25) is 0 Å². The van der Waals surface area contributed by atoms with Crippen molar-refractivity contribution in [1.82, 2.24) is 5.32 Å². The standard InChI is InChI=1S/C22H28F3NO6/c1-14(27)18(26-19(28)16-8-10-17(11-9-16)22(23,24)25)7-5-4-6-15-12-31-21(2,32-13-15)20(29)30-3/h8-11,15,18H,4-7,12-13H2,1-3H3,(H,26,28)/t15-,18?,21+. The van der Waals surface area contributed by atoms with Crippen LogP contribution in [0.2, 0.25) is 0 Å². The van der Waals surface area contributed by atoms with Gasteiger partial charge in [-0.15, -0.1) is 0 Å². The maximum Gasteiger partial charge on any atom is 0.416 e. The molecule has 1 saturated heterocycles. The van der Waals surface area contributed by atoms with E-state index >= 15 is 0 Å². The van der Waals surface area contributed by atoms with Crippen LogP contribution in [0.3, 0.4) is 0 Å². The molecule has 0 aliphatic carbocycles. The maximum absolute atomic E-state index is 12.7. The van der Waals surface area contributed by atoms with Crippen LogP contribution in [0.1, 0.15) is 55.5 Å². The molecule has 32 heavy (non-hydrogen) atoms. The van der Waals surface area contributed by atoms with Gasteiger partial charge in [0.1, 0.15) is 0 Å². The van der Waals surface area contributed by atoms with Crippen molar-refractivity contribution in [3.63, 3.8) is 0 Å². The van der Waals surface area contributed by atoms with Crippen LogP contribution in [0.15, 0.2) is 24.3 Å². The number of nitrogens with one attached hydrogen (secondary N) is 1. The van der Waals surface area contributed by atoms with Crippen molar-refractivity contribution in [1.29, 1.82) is 0 Å². The molecule has 0 aromatic heterocycles. The molecule has 1 unspecified atom stereocenters. The average molecular weight is 459 g/mol. The van der Waals surface area contributed by atoms with Crippen LogP contribution in [-0.2, 0) is 30.0 Å². The van der Waals surface area contributed by atoms with Gasteiger partial charge in [-0.1, -0.05) is 12.8 Å². The zero-order valence-electron chi connectivity index (χ0n) is 18.3. The molecule has 0 bridgehead atoms. The minimum atomic E-state index is -4.48. The number of alkyl halides is 3. The first-order chi connectivity index (χ1) is 15.0. The van der Waals surface area contributed by atoms with Crippen LogP contribution in [0.4, 0.5) is 13.2 Å². The van der Waals surface area contributed by atoms with Gasteiger partial charge in [0.15, 0.2) is 5.78 Å². The second kappa shape index (κ2) is 10.9. The summed E-state index contributed by atoms with van der Waals surface area (Å²) in [7, 11) is 1.26. The Morgan fingerprint density at radius 2 is 1.75 bits per heavy atom. The van der Waals surface area contributed by atoms with E-state index in [1.165, 1.54) is 21.0 Å². The van der Waals surface area contributed by atoms with Gasteiger partial charge >= 0.3 is 12.1 Å². The Labute approximate surface area is 184 Å². The second-order valence-corrected chi connectivity index (χ2v) is 7.92. The Hall–Kier alpha value is -2.46. The number of amides is 1. The Balaban J connectivity index is 1.78. The maximum atomic E-state index is 12.7. The first kappa shape index (κ1) is 25.8. The van der Waals surface area contributed by atoms with Crippen LogP contribution >= 0.6 is 0 Å². The van der Waals surface area contributed by atoms with E-state index in [4.69, 9.17) is 9.47 Å². The molecule has 1 aliphatic rings. The minimum absolute atomic E-state index is 0.0504. The summed E-state index contributed by atoms with van der Waals surface area (Å²) >= 11 is 0. The van der Waals surface area contributed by atoms with Crippen molar-refractivity contribution in [3.05, 3.63) is 35.4 Å². The molecule has 10 heteroatoms. The fourth-order valence-electron chi connectivity index (χ4n) is 3.32. The number of halogens is 3. The highest BCUT2D eigenvalue weighted by atomic mass is 19.4. The first-order valence-corrected chi connectivity index (χ1v) is 10.3. The molecule has 0 spiro atoms. The van der Waals surface area contributed by atoms with Gasteiger partial charge in [0, 0.05) is 18.4 Å². The zero-order chi connectivity index (χ0) is 23.9. The molecule has 1 N–H and O–H groups in total. The van der Waals surface area contributed by atoms with E-state index in [-0.39, 0.29) is 17.3 Å². The SMILES string of the molecule is COC(=O)[C@]1(C)OC[C@H](CCCCC(NC(=O)c2ccc(C(F)(F)F)cc2)C(C)=O)CO1. The largest absolute Gasteiger partial charge is 0.465 e. The molecule has 7 nitrogen and oxygen atoms in total. The number of carbonyl (C=O) groups is 3.